The lowest BCUT2D eigenvalue weighted by molar-refractivity contribution is -0.376. The maximum atomic E-state index is 11.9. The Kier molecular flexibility index (Phi) is 6.59. The Morgan fingerprint density at radius 1 is 1.08 bits per heavy atom. The van der Waals surface area contributed by atoms with E-state index in [1.165, 1.54) is 0 Å². The fourth-order valence-corrected chi connectivity index (χ4v) is 2.01. The number of aliphatic hydroxyl groups is 5. The molecule has 1 saturated heterocycles. The first kappa shape index (κ1) is 20.2. The van der Waals surface area contributed by atoms with Crippen LogP contribution in [0.4, 0.5) is 0 Å². The lowest BCUT2D eigenvalue weighted by Gasteiger charge is -2.46. The second-order valence-corrected chi connectivity index (χ2v) is 4.98. The molecule has 24 heavy (non-hydrogen) atoms. The maximum Gasteiger partial charge on any atom is 0.401 e. The molecule has 0 aliphatic carbocycles. The van der Waals surface area contributed by atoms with Gasteiger partial charge in [0.25, 0.3) is 6.10 Å². The van der Waals surface area contributed by atoms with Crippen LogP contribution in [0.5, 0.6) is 0 Å². The highest BCUT2D eigenvalue weighted by Crippen LogP contribution is 2.33. The van der Waals surface area contributed by atoms with Gasteiger partial charge in [-0.3, -0.25) is 4.79 Å². The molecule has 0 aromatic heterocycles. The summed E-state index contributed by atoms with van der Waals surface area (Å²) < 4.78 is 9.36. The van der Waals surface area contributed by atoms with Crippen LogP contribution < -0.4 is 0 Å². The number of esters is 1. The van der Waals surface area contributed by atoms with Gasteiger partial charge in [0, 0.05) is 13.8 Å². The van der Waals surface area contributed by atoms with Crippen molar-refractivity contribution < 1.29 is 59.2 Å². The summed E-state index contributed by atoms with van der Waals surface area (Å²) in [6.07, 6.45) is -10.3. The molecule has 0 bridgehead atoms. The quantitative estimate of drug-likeness (QED) is 0.188. The van der Waals surface area contributed by atoms with Crippen molar-refractivity contribution in [2.24, 2.45) is 0 Å². The van der Waals surface area contributed by atoms with E-state index in [0.717, 1.165) is 13.8 Å². The van der Waals surface area contributed by atoms with Gasteiger partial charge in [-0.2, -0.15) is 0 Å². The molecule has 12 heteroatoms. The highest BCUT2D eigenvalue weighted by Gasteiger charge is 2.61. The van der Waals surface area contributed by atoms with Crippen LogP contribution in [0.25, 0.3) is 0 Å². The van der Waals surface area contributed by atoms with Gasteiger partial charge in [0.2, 0.25) is 5.79 Å². The highest BCUT2D eigenvalue weighted by molar-refractivity contribution is 5.80. The van der Waals surface area contributed by atoms with Crippen molar-refractivity contribution in [3.05, 3.63) is 0 Å². The number of hydrogen-bond donors (Lipinski definition) is 5. The minimum atomic E-state index is -3.10. The van der Waals surface area contributed by atoms with Crippen molar-refractivity contribution in [3.63, 3.8) is 0 Å². The Hall–Kier alpha value is -1.83. The average molecular weight is 354 g/mol. The molecule has 12 nitrogen and oxygen atoms in total. The van der Waals surface area contributed by atoms with Gasteiger partial charge in [-0.25, -0.2) is 19.4 Å². The molecule has 0 saturated carbocycles. The van der Waals surface area contributed by atoms with Gasteiger partial charge in [-0.15, -0.1) is 0 Å². The van der Waals surface area contributed by atoms with Crippen molar-refractivity contribution in [2.75, 3.05) is 6.61 Å². The molecule has 0 radical (unpaired) electrons. The van der Waals surface area contributed by atoms with Crippen molar-refractivity contribution in [2.45, 2.75) is 50.2 Å². The van der Waals surface area contributed by atoms with Gasteiger partial charge in [0.1, 0.15) is 24.4 Å². The molecule has 5 N–H and O–H groups in total. The average Bonchev–Trinajstić information content (AvgIpc) is 2.51. The van der Waals surface area contributed by atoms with Crippen LogP contribution in [-0.2, 0) is 33.6 Å². The van der Waals surface area contributed by atoms with Gasteiger partial charge >= 0.3 is 17.9 Å². The number of ether oxygens (including phenoxy) is 2. The summed E-state index contributed by atoms with van der Waals surface area (Å²) in [7, 11) is 0. The monoisotopic (exact) mass is 354 g/mol. The molecule has 0 spiro atoms. The van der Waals surface area contributed by atoms with Crippen molar-refractivity contribution in [3.8, 4) is 0 Å². The van der Waals surface area contributed by atoms with E-state index in [9.17, 15) is 34.8 Å². The fraction of sp³-hybridized carbons (Fsp3) is 0.750. The van der Waals surface area contributed by atoms with Crippen LogP contribution in [0.15, 0.2) is 0 Å². The molecule has 1 fully saturated rings. The van der Waals surface area contributed by atoms with Crippen LogP contribution in [0.3, 0.4) is 0 Å². The highest BCUT2D eigenvalue weighted by atomic mass is 17.2. The largest absolute Gasteiger partial charge is 0.444 e. The van der Waals surface area contributed by atoms with Crippen LogP contribution in [-0.4, -0.2) is 86.4 Å². The van der Waals surface area contributed by atoms with Crippen LogP contribution in [0.1, 0.15) is 13.8 Å². The Morgan fingerprint density at radius 2 is 1.67 bits per heavy atom. The predicted molar refractivity (Wildman–Crippen MR) is 68.3 cm³/mol. The summed E-state index contributed by atoms with van der Waals surface area (Å²) in [6.45, 7) is 0.815. The van der Waals surface area contributed by atoms with Crippen molar-refractivity contribution in [1.82, 2.24) is 0 Å². The van der Waals surface area contributed by atoms with E-state index < -0.39 is 60.8 Å². The number of carbonyl (C=O) groups excluding carboxylic acids is 3. The van der Waals surface area contributed by atoms with E-state index in [-0.39, 0.29) is 0 Å². The first-order valence-electron chi connectivity index (χ1n) is 6.66. The smallest absolute Gasteiger partial charge is 0.401 e. The van der Waals surface area contributed by atoms with Gasteiger partial charge < -0.3 is 35.0 Å². The van der Waals surface area contributed by atoms with E-state index in [1.54, 1.807) is 0 Å². The van der Waals surface area contributed by atoms with E-state index in [4.69, 9.17) is 9.84 Å². The Bertz CT molecular complexity index is 490. The number of rotatable bonds is 4. The summed E-state index contributed by atoms with van der Waals surface area (Å²) in [6, 6.07) is 0. The summed E-state index contributed by atoms with van der Waals surface area (Å²) in [5.41, 5.74) is 0. The van der Waals surface area contributed by atoms with Gasteiger partial charge in [0.05, 0.1) is 6.61 Å². The molecular formula is C12H18O12. The summed E-state index contributed by atoms with van der Waals surface area (Å²) in [5, 5.41) is 48.8. The molecule has 6 atom stereocenters. The fourth-order valence-electron chi connectivity index (χ4n) is 2.01. The lowest BCUT2D eigenvalue weighted by Crippen LogP contribution is -2.71. The molecule has 1 aliphatic heterocycles. The molecule has 1 heterocycles. The van der Waals surface area contributed by atoms with Crippen LogP contribution in [0.2, 0.25) is 0 Å². The standard InChI is InChI=1S/C12H18O12/c1-4(14)21-10(11(19)24-23-5(2)15)12(20)9(18)8(17)7(16)6(3-13)22-12/h6-10,13,16-18,20H,3H2,1-2H3/t6-,7-,8+,9-,10?,12?/m1/s1. The predicted octanol–water partition coefficient (Wildman–Crippen LogP) is -3.90. The Balaban J connectivity index is 3.15. The lowest BCUT2D eigenvalue weighted by atomic mass is 9.89. The summed E-state index contributed by atoms with van der Waals surface area (Å²) in [4.78, 5) is 41.7. The molecule has 2 unspecified atom stereocenters. The molecule has 0 amide bonds. The Labute approximate surface area is 135 Å². The SMILES string of the molecule is CC(=O)OOC(=O)C(OC(C)=O)C1(O)O[C@H](CO)[C@@H](O)[C@H](O)[C@H]1O. The second-order valence-electron chi connectivity index (χ2n) is 4.98. The molecular weight excluding hydrogens is 336 g/mol. The number of hydrogen-bond acceptors (Lipinski definition) is 12. The Morgan fingerprint density at radius 3 is 2.12 bits per heavy atom. The van der Waals surface area contributed by atoms with Crippen molar-refractivity contribution >= 4 is 17.9 Å². The van der Waals surface area contributed by atoms with E-state index in [2.05, 4.69) is 14.5 Å². The zero-order valence-electron chi connectivity index (χ0n) is 12.7. The van der Waals surface area contributed by atoms with E-state index in [0.29, 0.717) is 0 Å². The molecule has 138 valence electrons. The van der Waals surface area contributed by atoms with Gasteiger partial charge in [0.15, 0.2) is 0 Å². The van der Waals surface area contributed by atoms with Gasteiger partial charge in [-0.1, -0.05) is 0 Å². The zero-order chi connectivity index (χ0) is 18.7. The van der Waals surface area contributed by atoms with Gasteiger partial charge in [-0.05, 0) is 0 Å². The first-order chi connectivity index (χ1) is 11.0. The molecule has 0 aromatic rings. The third-order valence-electron chi connectivity index (χ3n) is 3.11. The molecule has 1 aliphatic rings. The van der Waals surface area contributed by atoms with E-state index in [1.807, 2.05) is 0 Å². The molecule has 0 aromatic carbocycles. The third-order valence-corrected chi connectivity index (χ3v) is 3.11. The summed E-state index contributed by atoms with van der Waals surface area (Å²) in [5.74, 6) is -6.92. The second kappa shape index (κ2) is 7.83. The normalized spacial score (nSPS) is 34.1. The topological polar surface area (TPSA) is 189 Å². The minimum Gasteiger partial charge on any atom is -0.444 e. The van der Waals surface area contributed by atoms with Crippen LogP contribution >= 0.6 is 0 Å². The third kappa shape index (κ3) is 4.17. The number of aliphatic hydroxyl groups excluding tert-OH is 4. The maximum absolute atomic E-state index is 11.9. The number of carbonyl (C=O) groups is 3. The first-order valence-corrected chi connectivity index (χ1v) is 6.66. The summed E-state index contributed by atoms with van der Waals surface area (Å²) >= 11 is 0. The van der Waals surface area contributed by atoms with Crippen molar-refractivity contribution in [1.29, 1.82) is 0 Å². The zero-order valence-corrected chi connectivity index (χ0v) is 12.7. The van der Waals surface area contributed by atoms with E-state index >= 15 is 0 Å². The minimum absolute atomic E-state index is 0.847. The van der Waals surface area contributed by atoms with Crippen LogP contribution in [0, 0.1) is 0 Å². The molecule has 1 rings (SSSR count).